The Hall–Kier alpha value is -6.38. The van der Waals surface area contributed by atoms with Gasteiger partial charge in [0.1, 0.15) is 0 Å². The largest absolute Gasteiger partial charge is 0.310 e. The monoisotopic (exact) mass is 778 g/mol. The topological polar surface area (TPSA) is 8.17 Å². The zero-order valence-electron chi connectivity index (χ0n) is 36.5. The molecule has 1 heterocycles. The van der Waals surface area contributed by atoms with E-state index in [1.54, 1.807) is 0 Å². The Bertz CT molecular complexity index is 3140. The molecule has 0 unspecified atom stereocenters. The summed E-state index contributed by atoms with van der Waals surface area (Å²) in [6.07, 6.45) is 0. The van der Waals surface area contributed by atoms with Gasteiger partial charge in [0.15, 0.2) is 0 Å². The van der Waals surface area contributed by atoms with Crippen molar-refractivity contribution in [3.05, 3.63) is 180 Å². The smallest absolute Gasteiger partial charge is 0.0541 e. The van der Waals surface area contributed by atoms with Crippen molar-refractivity contribution >= 4 is 71.2 Å². The van der Waals surface area contributed by atoms with Gasteiger partial charge >= 0.3 is 0 Å². The summed E-state index contributed by atoms with van der Waals surface area (Å²) in [4.78, 5) is 2.45. The SMILES string of the molecule is CC(C)(C)c1ccc(N(c2ccc(-c3ccccc3)cc2)c2ccc3ccc4c(-n5c6ccc(C(C)(C)C)cc6c6cc(C(C)(C)C)ccc65)ccc5ccc2c3c54)cc1. The fraction of sp³-hybridized carbons (Fsp3) is 0.207. The lowest BCUT2D eigenvalue weighted by molar-refractivity contribution is 0.590. The van der Waals surface area contributed by atoms with Crippen molar-refractivity contribution in [3.8, 4) is 16.8 Å². The highest BCUT2D eigenvalue weighted by Crippen LogP contribution is 2.47. The van der Waals surface area contributed by atoms with Gasteiger partial charge in [-0.1, -0.05) is 165 Å². The second-order valence-corrected chi connectivity index (χ2v) is 19.9. The highest BCUT2D eigenvalue weighted by molar-refractivity contribution is 6.27. The van der Waals surface area contributed by atoms with E-state index in [4.69, 9.17) is 0 Å². The molecule has 0 saturated carbocycles. The number of hydrogen-bond donors (Lipinski definition) is 0. The molecule has 0 N–H and O–H groups in total. The highest BCUT2D eigenvalue weighted by atomic mass is 15.1. The molecular weight excluding hydrogens is 725 g/mol. The van der Waals surface area contributed by atoms with Crippen LogP contribution in [-0.2, 0) is 16.2 Å². The van der Waals surface area contributed by atoms with E-state index in [2.05, 4.69) is 236 Å². The average Bonchev–Trinajstić information content (AvgIpc) is 3.56. The molecule has 0 spiro atoms. The Morgan fingerprint density at radius 2 is 0.817 bits per heavy atom. The van der Waals surface area contributed by atoms with Crippen molar-refractivity contribution in [1.82, 2.24) is 4.57 Å². The van der Waals surface area contributed by atoms with Crippen LogP contribution < -0.4 is 4.90 Å². The van der Waals surface area contributed by atoms with Crippen LogP contribution in [0.15, 0.2) is 164 Å². The second-order valence-electron chi connectivity index (χ2n) is 19.9. The maximum Gasteiger partial charge on any atom is 0.0541 e. The van der Waals surface area contributed by atoms with Crippen molar-refractivity contribution in [2.24, 2.45) is 0 Å². The number of rotatable bonds is 5. The molecule has 0 aliphatic rings. The zero-order valence-corrected chi connectivity index (χ0v) is 36.5. The summed E-state index contributed by atoms with van der Waals surface area (Å²) in [5, 5.41) is 10.2. The Morgan fingerprint density at radius 3 is 1.37 bits per heavy atom. The summed E-state index contributed by atoms with van der Waals surface area (Å²) in [5.74, 6) is 0. The summed E-state index contributed by atoms with van der Waals surface area (Å²) in [7, 11) is 0. The molecule has 2 nitrogen and oxygen atoms in total. The fourth-order valence-electron chi connectivity index (χ4n) is 9.35. The van der Waals surface area contributed by atoms with Gasteiger partial charge in [0.05, 0.1) is 22.4 Å². The molecule has 0 atom stereocenters. The van der Waals surface area contributed by atoms with Gasteiger partial charge in [-0.3, -0.25) is 0 Å². The van der Waals surface area contributed by atoms with Gasteiger partial charge in [-0.25, -0.2) is 0 Å². The van der Waals surface area contributed by atoms with Crippen molar-refractivity contribution in [1.29, 1.82) is 0 Å². The summed E-state index contributed by atoms with van der Waals surface area (Å²) in [6.45, 7) is 20.7. The molecule has 10 aromatic rings. The first-order chi connectivity index (χ1) is 28.6. The minimum atomic E-state index is 0.0431. The van der Waals surface area contributed by atoms with E-state index in [0.29, 0.717) is 0 Å². The van der Waals surface area contributed by atoms with E-state index < -0.39 is 0 Å². The Morgan fingerprint density at radius 1 is 0.367 bits per heavy atom. The third kappa shape index (κ3) is 6.24. The van der Waals surface area contributed by atoms with E-state index in [9.17, 15) is 0 Å². The normalized spacial score (nSPS) is 12.8. The van der Waals surface area contributed by atoms with Gasteiger partial charge in [0.2, 0.25) is 0 Å². The van der Waals surface area contributed by atoms with Crippen LogP contribution >= 0.6 is 0 Å². The lowest BCUT2D eigenvalue weighted by atomic mass is 9.85. The second kappa shape index (κ2) is 13.6. The van der Waals surface area contributed by atoms with Crippen LogP contribution in [0.2, 0.25) is 0 Å². The van der Waals surface area contributed by atoms with Gasteiger partial charge in [-0.05, 0) is 126 Å². The van der Waals surface area contributed by atoms with Gasteiger partial charge in [-0.15, -0.1) is 0 Å². The number of aromatic nitrogens is 1. The molecule has 2 heteroatoms. The minimum Gasteiger partial charge on any atom is -0.310 e. The molecule has 60 heavy (non-hydrogen) atoms. The predicted octanol–water partition coefficient (Wildman–Crippen LogP) is 16.7. The van der Waals surface area contributed by atoms with Crippen LogP contribution in [-0.4, -0.2) is 4.57 Å². The Labute approximate surface area is 355 Å². The summed E-state index contributed by atoms with van der Waals surface area (Å²) in [5.41, 5.74) is 13.7. The molecule has 0 amide bonds. The van der Waals surface area contributed by atoms with E-state index in [0.717, 1.165) is 11.4 Å². The molecule has 9 aromatic carbocycles. The Balaban J connectivity index is 1.21. The maximum absolute atomic E-state index is 2.52. The summed E-state index contributed by atoms with van der Waals surface area (Å²) >= 11 is 0. The predicted molar refractivity (Wildman–Crippen MR) is 261 cm³/mol. The van der Waals surface area contributed by atoms with Crippen LogP contribution in [0.1, 0.15) is 79.0 Å². The Kier molecular flexibility index (Phi) is 8.57. The first kappa shape index (κ1) is 37.9. The third-order valence-corrected chi connectivity index (χ3v) is 12.8. The average molecular weight is 779 g/mol. The lowest BCUT2D eigenvalue weighted by Crippen LogP contribution is -2.13. The molecule has 10 rings (SSSR count). The molecule has 0 bridgehead atoms. The highest BCUT2D eigenvalue weighted by Gasteiger charge is 2.24. The van der Waals surface area contributed by atoms with Crippen molar-refractivity contribution in [2.75, 3.05) is 4.90 Å². The number of benzene rings is 9. The van der Waals surface area contributed by atoms with Crippen LogP contribution in [0.4, 0.5) is 17.1 Å². The molecular formula is C58H54N2. The molecule has 0 saturated heterocycles. The minimum absolute atomic E-state index is 0.0431. The van der Waals surface area contributed by atoms with Crippen LogP contribution in [0.5, 0.6) is 0 Å². The van der Waals surface area contributed by atoms with Gasteiger partial charge in [-0.2, -0.15) is 0 Å². The van der Waals surface area contributed by atoms with Crippen molar-refractivity contribution in [2.45, 2.75) is 78.6 Å². The van der Waals surface area contributed by atoms with Crippen LogP contribution in [0.25, 0.3) is 70.9 Å². The first-order valence-corrected chi connectivity index (χ1v) is 21.5. The van der Waals surface area contributed by atoms with Gasteiger partial charge in [0, 0.05) is 32.9 Å². The quantitative estimate of drug-likeness (QED) is 0.158. The molecule has 0 radical (unpaired) electrons. The van der Waals surface area contributed by atoms with E-state index in [1.165, 1.54) is 93.3 Å². The van der Waals surface area contributed by atoms with Crippen molar-refractivity contribution in [3.63, 3.8) is 0 Å². The summed E-state index contributed by atoms with van der Waals surface area (Å²) in [6, 6.07) is 61.8. The molecule has 0 aliphatic heterocycles. The first-order valence-electron chi connectivity index (χ1n) is 21.5. The molecule has 1 aromatic heterocycles. The number of fused-ring (bicyclic) bond motifs is 3. The van der Waals surface area contributed by atoms with Crippen molar-refractivity contribution < 1.29 is 0 Å². The third-order valence-electron chi connectivity index (χ3n) is 12.8. The number of anilines is 3. The molecule has 296 valence electrons. The number of hydrogen-bond acceptors (Lipinski definition) is 1. The zero-order chi connectivity index (χ0) is 41.7. The fourth-order valence-corrected chi connectivity index (χ4v) is 9.35. The van der Waals surface area contributed by atoms with E-state index in [1.807, 2.05) is 0 Å². The standard InChI is InChI=1S/C58H54N2/c1-56(2,3)41-21-27-45(28-22-41)59(44-25-15-38(16-26-44)37-13-11-10-12-14-37)50-31-19-39-18-30-47-51(32-20-40-17-29-46(50)54(39)55(40)47)60-52-33-23-42(57(4,5)6)35-48(52)49-36-43(58(7,8)9)24-34-53(49)60/h10-36H,1-9H3. The molecule has 0 aliphatic carbocycles. The molecule has 0 fully saturated rings. The maximum atomic E-state index is 2.52. The van der Waals surface area contributed by atoms with Crippen LogP contribution in [0, 0.1) is 0 Å². The van der Waals surface area contributed by atoms with Crippen LogP contribution in [0.3, 0.4) is 0 Å². The lowest BCUT2D eigenvalue weighted by Gasteiger charge is -2.29. The van der Waals surface area contributed by atoms with Gasteiger partial charge in [0.25, 0.3) is 0 Å². The van der Waals surface area contributed by atoms with E-state index >= 15 is 0 Å². The summed E-state index contributed by atoms with van der Waals surface area (Å²) < 4.78 is 2.52. The van der Waals surface area contributed by atoms with E-state index in [-0.39, 0.29) is 16.2 Å². The van der Waals surface area contributed by atoms with Gasteiger partial charge < -0.3 is 9.47 Å². The number of nitrogens with zero attached hydrogens (tertiary/aromatic N) is 2.